The molecule has 82 valence electrons. The number of nitrogens with one attached hydrogen (secondary N) is 1. The fourth-order valence-electron chi connectivity index (χ4n) is 2.19. The Balaban J connectivity index is 1.90. The van der Waals surface area contributed by atoms with Crippen LogP contribution in [0, 0.1) is 5.41 Å². The van der Waals surface area contributed by atoms with Crippen LogP contribution in [-0.2, 0) is 0 Å². The van der Waals surface area contributed by atoms with E-state index in [0.29, 0.717) is 10.4 Å². The highest BCUT2D eigenvalue weighted by atomic mass is 35.5. The lowest BCUT2D eigenvalue weighted by atomic mass is 9.89. The van der Waals surface area contributed by atoms with Gasteiger partial charge < -0.3 is 5.32 Å². The van der Waals surface area contributed by atoms with Crippen LogP contribution in [-0.4, -0.2) is 11.5 Å². The van der Waals surface area contributed by atoms with Gasteiger partial charge in [-0.25, -0.2) is 4.98 Å². The third-order valence-electron chi connectivity index (χ3n) is 3.23. The molecular formula is C12H17ClN2. The van der Waals surface area contributed by atoms with Crippen LogP contribution in [0.4, 0.5) is 5.82 Å². The molecule has 0 unspecified atom stereocenters. The first-order valence-corrected chi connectivity index (χ1v) is 5.91. The fourth-order valence-corrected chi connectivity index (χ4v) is 2.30. The highest BCUT2D eigenvalue weighted by molar-refractivity contribution is 6.30. The van der Waals surface area contributed by atoms with Crippen LogP contribution in [0.25, 0.3) is 0 Å². The maximum absolute atomic E-state index is 5.78. The van der Waals surface area contributed by atoms with Crippen LogP contribution in [0.2, 0.25) is 5.02 Å². The number of pyridine rings is 1. The van der Waals surface area contributed by atoms with Crippen LogP contribution in [0.15, 0.2) is 18.3 Å². The first kappa shape index (κ1) is 10.7. The summed E-state index contributed by atoms with van der Waals surface area (Å²) in [5, 5.41) is 4.07. The second-order valence-electron chi connectivity index (χ2n) is 4.73. The van der Waals surface area contributed by atoms with Crippen LogP contribution in [0.3, 0.4) is 0 Å². The Morgan fingerprint density at radius 1 is 1.40 bits per heavy atom. The van der Waals surface area contributed by atoms with Gasteiger partial charge in [-0.15, -0.1) is 0 Å². The average Bonchev–Trinajstić information content (AvgIpc) is 2.65. The topological polar surface area (TPSA) is 24.9 Å². The van der Waals surface area contributed by atoms with Gasteiger partial charge in [0.25, 0.3) is 0 Å². The Bertz CT molecular complexity index is 315. The summed E-state index contributed by atoms with van der Waals surface area (Å²) < 4.78 is 0. The van der Waals surface area contributed by atoms with Crippen molar-refractivity contribution in [3.63, 3.8) is 0 Å². The van der Waals surface area contributed by atoms with E-state index in [0.717, 1.165) is 12.4 Å². The molecule has 2 rings (SSSR count). The molecule has 1 aliphatic carbocycles. The monoisotopic (exact) mass is 224 g/mol. The minimum absolute atomic E-state index is 0.460. The quantitative estimate of drug-likeness (QED) is 0.847. The Kier molecular flexibility index (Phi) is 3.15. The fraction of sp³-hybridized carbons (Fsp3) is 0.583. The van der Waals surface area contributed by atoms with E-state index in [1.807, 2.05) is 12.1 Å². The van der Waals surface area contributed by atoms with E-state index >= 15 is 0 Å². The van der Waals surface area contributed by atoms with Crippen molar-refractivity contribution in [3.05, 3.63) is 23.4 Å². The summed E-state index contributed by atoms with van der Waals surface area (Å²) >= 11 is 5.78. The van der Waals surface area contributed by atoms with Crippen LogP contribution < -0.4 is 5.32 Å². The van der Waals surface area contributed by atoms with Crippen molar-refractivity contribution >= 4 is 17.4 Å². The van der Waals surface area contributed by atoms with Gasteiger partial charge in [0, 0.05) is 12.7 Å². The van der Waals surface area contributed by atoms with Gasteiger partial charge in [-0.1, -0.05) is 31.4 Å². The standard InChI is InChI=1S/C12H17ClN2/c1-12(6-2-3-7-12)9-15-11-5-4-10(13)8-14-11/h4-5,8H,2-3,6-7,9H2,1H3,(H,14,15). The lowest BCUT2D eigenvalue weighted by molar-refractivity contribution is 0.361. The SMILES string of the molecule is CC1(CNc2ccc(Cl)cn2)CCCC1. The highest BCUT2D eigenvalue weighted by Gasteiger charge is 2.28. The summed E-state index contributed by atoms with van der Waals surface area (Å²) in [5.41, 5.74) is 0.460. The number of anilines is 1. The molecule has 1 heterocycles. The minimum Gasteiger partial charge on any atom is -0.370 e. The van der Waals surface area contributed by atoms with Gasteiger partial charge in [0.2, 0.25) is 0 Å². The highest BCUT2D eigenvalue weighted by Crippen LogP contribution is 2.37. The molecular weight excluding hydrogens is 208 g/mol. The predicted octanol–water partition coefficient (Wildman–Crippen LogP) is 3.73. The molecule has 1 aromatic heterocycles. The van der Waals surface area contributed by atoms with E-state index < -0.39 is 0 Å². The molecule has 15 heavy (non-hydrogen) atoms. The maximum Gasteiger partial charge on any atom is 0.126 e. The van der Waals surface area contributed by atoms with E-state index in [1.54, 1.807) is 6.20 Å². The normalized spacial score (nSPS) is 19.1. The van der Waals surface area contributed by atoms with Gasteiger partial charge in [0.15, 0.2) is 0 Å². The number of hydrogen-bond acceptors (Lipinski definition) is 2. The number of aromatic nitrogens is 1. The van der Waals surface area contributed by atoms with Gasteiger partial charge in [-0.3, -0.25) is 0 Å². The smallest absolute Gasteiger partial charge is 0.126 e. The predicted molar refractivity (Wildman–Crippen MR) is 64.3 cm³/mol. The summed E-state index contributed by atoms with van der Waals surface area (Å²) in [4.78, 5) is 4.23. The molecule has 1 saturated carbocycles. The molecule has 0 spiro atoms. The number of halogens is 1. The first-order chi connectivity index (χ1) is 7.18. The van der Waals surface area contributed by atoms with Crippen LogP contribution in [0.5, 0.6) is 0 Å². The van der Waals surface area contributed by atoms with Gasteiger partial charge in [0.1, 0.15) is 5.82 Å². The molecule has 0 saturated heterocycles. The van der Waals surface area contributed by atoms with E-state index in [9.17, 15) is 0 Å². The number of nitrogens with zero attached hydrogens (tertiary/aromatic N) is 1. The zero-order chi connectivity index (χ0) is 10.7. The van der Waals surface area contributed by atoms with Gasteiger partial charge in [-0.2, -0.15) is 0 Å². The summed E-state index contributed by atoms with van der Waals surface area (Å²) in [5.74, 6) is 0.924. The molecule has 1 aliphatic rings. The Hall–Kier alpha value is -0.760. The first-order valence-electron chi connectivity index (χ1n) is 5.53. The molecule has 1 aromatic rings. The summed E-state index contributed by atoms with van der Waals surface area (Å²) in [7, 11) is 0. The maximum atomic E-state index is 5.78. The molecule has 0 aromatic carbocycles. The van der Waals surface area contributed by atoms with Crippen molar-refractivity contribution in [1.82, 2.24) is 4.98 Å². The zero-order valence-electron chi connectivity index (χ0n) is 9.09. The van der Waals surface area contributed by atoms with Crippen molar-refractivity contribution in [1.29, 1.82) is 0 Å². The molecule has 0 aliphatic heterocycles. The third kappa shape index (κ3) is 2.85. The Labute approximate surface area is 96.1 Å². The van der Waals surface area contributed by atoms with Gasteiger partial charge in [-0.05, 0) is 30.4 Å². The molecule has 0 amide bonds. The molecule has 0 atom stereocenters. The Morgan fingerprint density at radius 3 is 2.73 bits per heavy atom. The van der Waals surface area contributed by atoms with Crippen molar-refractivity contribution in [3.8, 4) is 0 Å². The van der Waals surface area contributed by atoms with Crippen molar-refractivity contribution in [2.45, 2.75) is 32.6 Å². The van der Waals surface area contributed by atoms with Crippen molar-refractivity contribution in [2.75, 3.05) is 11.9 Å². The third-order valence-corrected chi connectivity index (χ3v) is 3.46. The lowest BCUT2D eigenvalue weighted by Gasteiger charge is -2.23. The molecule has 2 nitrogen and oxygen atoms in total. The molecule has 3 heteroatoms. The van der Waals surface area contributed by atoms with E-state index in [2.05, 4.69) is 17.2 Å². The molecule has 0 radical (unpaired) electrons. The largest absolute Gasteiger partial charge is 0.370 e. The van der Waals surface area contributed by atoms with E-state index in [1.165, 1.54) is 25.7 Å². The second-order valence-corrected chi connectivity index (χ2v) is 5.17. The number of rotatable bonds is 3. The molecule has 1 N–H and O–H groups in total. The Morgan fingerprint density at radius 2 is 2.13 bits per heavy atom. The zero-order valence-corrected chi connectivity index (χ0v) is 9.85. The number of hydrogen-bond donors (Lipinski definition) is 1. The molecule has 1 fully saturated rings. The van der Waals surface area contributed by atoms with Gasteiger partial charge in [0.05, 0.1) is 5.02 Å². The van der Waals surface area contributed by atoms with Crippen LogP contribution >= 0.6 is 11.6 Å². The van der Waals surface area contributed by atoms with E-state index in [-0.39, 0.29) is 0 Å². The average molecular weight is 225 g/mol. The van der Waals surface area contributed by atoms with E-state index in [4.69, 9.17) is 11.6 Å². The van der Waals surface area contributed by atoms with Crippen LogP contribution in [0.1, 0.15) is 32.6 Å². The lowest BCUT2D eigenvalue weighted by Crippen LogP contribution is -2.23. The minimum atomic E-state index is 0.460. The van der Waals surface area contributed by atoms with Gasteiger partial charge >= 0.3 is 0 Å². The molecule has 0 bridgehead atoms. The van der Waals surface area contributed by atoms with Crippen molar-refractivity contribution in [2.24, 2.45) is 5.41 Å². The summed E-state index contributed by atoms with van der Waals surface area (Å²) in [6, 6.07) is 3.80. The summed E-state index contributed by atoms with van der Waals surface area (Å²) in [6.07, 6.45) is 7.07. The van der Waals surface area contributed by atoms with Crippen molar-refractivity contribution < 1.29 is 0 Å². The summed E-state index contributed by atoms with van der Waals surface area (Å²) in [6.45, 7) is 3.37. The second kappa shape index (κ2) is 4.40.